The first kappa shape index (κ1) is 21.1. The zero-order valence-corrected chi connectivity index (χ0v) is 18.5. The molecule has 0 radical (unpaired) electrons. The lowest BCUT2D eigenvalue weighted by Crippen LogP contribution is -2.52. The highest BCUT2D eigenvalue weighted by atomic mass is 32.2. The van der Waals surface area contributed by atoms with Crippen molar-refractivity contribution in [1.29, 1.82) is 0 Å². The normalized spacial score (nSPS) is 22.7. The van der Waals surface area contributed by atoms with Crippen LogP contribution < -0.4 is 15.8 Å². The molecule has 3 heterocycles. The summed E-state index contributed by atoms with van der Waals surface area (Å²) in [4.78, 5) is 17.6. The van der Waals surface area contributed by atoms with E-state index in [-0.39, 0.29) is 11.6 Å². The van der Waals surface area contributed by atoms with Gasteiger partial charge in [0.2, 0.25) is 5.88 Å². The average molecular weight is 443 g/mol. The fourth-order valence-corrected chi connectivity index (χ4v) is 4.76. The van der Waals surface area contributed by atoms with Crippen LogP contribution in [0.1, 0.15) is 26.3 Å². The van der Waals surface area contributed by atoms with Gasteiger partial charge in [-0.15, -0.1) is 0 Å². The SMILES string of the molecule is COc1cnc2c(Nc3ccc(F)c([C@]4(C)CS(=O)C(C)(C)C(N)=N4)c3)nccc2n1. The van der Waals surface area contributed by atoms with Crippen LogP contribution >= 0.6 is 0 Å². The lowest BCUT2D eigenvalue weighted by molar-refractivity contribution is 0.397. The number of aliphatic imine (C=N–C) groups is 1. The Morgan fingerprint density at radius 3 is 2.71 bits per heavy atom. The third-order valence-electron chi connectivity index (χ3n) is 5.42. The number of hydrogen-bond donors (Lipinski definition) is 2. The Bertz CT molecular complexity index is 1230. The maximum Gasteiger partial charge on any atom is 0.232 e. The molecular formula is C21H23FN6O2S. The number of pyridine rings is 1. The zero-order valence-electron chi connectivity index (χ0n) is 17.6. The van der Waals surface area contributed by atoms with Gasteiger partial charge in [-0.3, -0.25) is 9.20 Å². The summed E-state index contributed by atoms with van der Waals surface area (Å²) in [6, 6.07) is 6.30. The molecule has 0 saturated heterocycles. The van der Waals surface area contributed by atoms with Crippen LogP contribution in [0.15, 0.2) is 41.7 Å². The molecule has 0 fully saturated rings. The molecule has 31 heavy (non-hydrogen) atoms. The molecule has 1 unspecified atom stereocenters. The van der Waals surface area contributed by atoms with E-state index in [0.717, 1.165) is 0 Å². The van der Waals surface area contributed by atoms with E-state index in [2.05, 4.69) is 25.3 Å². The highest BCUT2D eigenvalue weighted by Crippen LogP contribution is 2.37. The second kappa shape index (κ2) is 7.52. The van der Waals surface area contributed by atoms with Gasteiger partial charge in [0, 0.05) is 28.2 Å². The van der Waals surface area contributed by atoms with Gasteiger partial charge in [0.25, 0.3) is 0 Å². The van der Waals surface area contributed by atoms with E-state index in [0.29, 0.717) is 34.0 Å². The summed E-state index contributed by atoms with van der Waals surface area (Å²) in [5.74, 6) is 0.824. The maximum absolute atomic E-state index is 14.8. The summed E-state index contributed by atoms with van der Waals surface area (Å²) in [5, 5.41) is 3.17. The highest BCUT2D eigenvalue weighted by molar-refractivity contribution is 7.87. The standard InChI is InChI=1S/C21H23FN6O2S/c1-20(2)19(23)28-21(3,11-31(20)29)13-9-12(5-6-14(13)22)26-18-17-15(7-8-24-18)27-16(30-4)10-25-17/h5-10H,11H2,1-4H3,(H2,23,28)(H,24,26)/t21-,31?/m0/s1. The van der Waals surface area contributed by atoms with E-state index >= 15 is 0 Å². The summed E-state index contributed by atoms with van der Waals surface area (Å²) in [6.07, 6.45) is 3.10. The third kappa shape index (κ3) is 3.71. The fourth-order valence-electron chi connectivity index (χ4n) is 3.39. The van der Waals surface area contributed by atoms with Crippen LogP contribution in [0.25, 0.3) is 11.0 Å². The largest absolute Gasteiger partial charge is 0.480 e. The van der Waals surface area contributed by atoms with Crippen LogP contribution in [0.3, 0.4) is 0 Å². The van der Waals surface area contributed by atoms with Gasteiger partial charge in [0.15, 0.2) is 5.82 Å². The molecule has 0 saturated carbocycles. The Morgan fingerprint density at radius 2 is 2.00 bits per heavy atom. The molecule has 1 aromatic carbocycles. The molecule has 4 rings (SSSR count). The van der Waals surface area contributed by atoms with E-state index in [1.165, 1.54) is 19.4 Å². The Morgan fingerprint density at radius 1 is 1.23 bits per heavy atom. The molecule has 10 heteroatoms. The summed E-state index contributed by atoms with van der Waals surface area (Å²) >= 11 is 0. The van der Waals surface area contributed by atoms with Crippen molar-refractivity contribution >= 4 is 39.2 Å². The maximum atomic E-state index is 14.8. The number of nitrogens with zero attached hydrogens (tertiary/aromatic N) is 4. The van der Waals surface area contributed by atoms with Crippen LogP contribution in [0, 0.1) is 5.82 Å². The summed E-state index contributed by atoms with van der Waals surface area (Å²) < 4.78 is 32.0. The molecule has 0 amide bonds. The number of nitrogens with two attached hydrogens (primary N) is 1. The highest BCUT2D eigenvalue weighted by Gasteiger charge is 2.44. The molecule has 8 nitrogen and oxygen atoms in total. The summed E-state index contributed by atoms with van der Waals surface area (Å²) in [5.41, 5.74) is 7.08. The van der Waals surface area contributed by atoms with Crippen LogP contribution in [0.2, 0.25) is 0 Å². The van der Waals surface area contributed by atoms with Crippen molar-refractivity contribution in [2.75, 3.05) is 18.2 Å². The molecule has 2 aromatic heterocycles. The second-order valence-corrected chi connectivity index (χ2v) is 10.0. The number of rotatable bonds is 4. The topological polar surface area (TPSA) is 115 Å². The van der Waals surface area contributed by atoms with Crippen LogP contribution in [-0.4, -0.2) is 42.6 Å². The number of methoxy groups -OCH3 is 1. The smallest absolute Gasteiger partial charge is 0.232 e. The Labute approximate surface area is 181 Å². The molecule has 0 aliphatic carbocycles. The number of nitrogens with one attached hydrogen (secondary N) is 1. The van der Waals surface area contributed by atoms with Crippen molar-refractivity contribution in [3.63, 3.8) is 0 Å². The van der Waals surface area contributed by atoms with Gasteiger partial charge in [-0.1, -0.05) is 0 Å². The molecule has 1 aliphatic rings. The number of halogens is 1. The molecule has 162 valence electrons. The van der Waals surface area contributed by atoms with Crippen LogP contribution in [0.5, 0.6) is 5.88 Å². The second-order valence-electron chi connectivity index (χ2n) is 8.03. The number of anilines is 2. The number of benzene rings is 1. The molecule has 0 bridgehead atoms. The van der Waals surface area contributed by atoms with E-state index in [4.69, 9.17) is 10.5 Å². The van der Waals surface area contributed by atoms with Gasteiger partial charge >= 0.3 is 0 Å². The van der Waals surface area contributed by atoms with E-state index in [1.54, 1.807) is 45.2 Å². The molecular weight excluding hydrogens is 419 g/mol. The first-order valence-corrected chi connectivity index (χ1v) is 10.9. The minimum Gasteiger partial charge on any atom is -0.480 e. The van der Waals surface area contributed by atoms with E-state index < -0.39 is 26.9 Å². The predicted molar refractivity (Wildman–Crippen MR) is 120 cm³/mol. The number of hydrogen-bond acceptors (Lipinski definition) is 8. The van der Waals surface area contributed by atoms with Crippen molar-refractivity contribution in [3.8, 4) is 5.88 Å². The van der Waals surface area contributed by atoms with Crippen LogP contribution in [-0.2, 0) is 16.3 Å². The first-order valence-electron chi connectivity index (χ1n) is 9.61. The van der Waals surface area contributed by atoms with Crippen molar-refractivity contribution < 1.29 is 13.3 Å². The Hall–Kier alpha value is -3.14. The predicted octanol–water partition coefficient (Wildman–Crippen LogP) is 3.03. The van der Waals surface area contributed by atoms with Gasteiger partial charge in [0.05, 0.1) is 34.9 Å². The minimum absolute atomic E-state index is 0.166. The van der Waals surface area contributed by atoms with Gasteiger partial charge in [-0.25, -0.2) is 19.3 Å². The van der Waals surface area contributed by atoms with Crippen LogP contribution in [0.4, 0.5) is 15.9 Å². The number of fused-ring (bicyclic) bond motifs is 1. The molecule has 1 aliphatic heterocycles. The van der Waals surface area contributed by atoms with Gasteiger partial charge < -0.3 is 15.8 Å². The minimum atomic E-state index is -1.31. The fraction of sp³-hybridized carbons (Fsp3) is 0.333. The zero-order chi connectivity index (χ0) is 22.4. The average Bonchev–Trinajstić information content (AvgIpc) is 2.73. The summed E-state index contributed by atoms with van der Waals surface area (Å²) in [7, 11) is 0.209. The van der Waals surface area contributed by atoms with Crippen molar-refractivity contribution in [2.24, 2.45) is 10.7 Å². The van der Waals surface area contributed by atoms with Crippen molar-refractivity contribution in [3.05, 3.63) is 48.0 Å². The first-order chi connectivity index (χ1) is 14.6. The molecule has 0 spiro atoms. The van der Waals surface area contributed by atoms with Crippen molar-refractivity contribution in [2.45, 2.75) is 31.1 Å². The quantitative estimate of drug-likeness (QED) is 0.638. The lowest BCUT2D eigenvalue weighted by atomic mass is 9.92. The van der Waals surface area contributed by atoms with Gasteiger partial charge in [-0.05, 0) is 45.0 Å². The Kier molecular flexibility index (Phi) is 5.12. The van der Waals surface area contributed by atoms with Gasteiger partial charge in [0.1, 0.15) is 17.2 Å². The van der Waals surface area contributed by atoms with E-state index in [9.17, 15) is 8.60 Å². The number of ether oxygens (including phenoxy) is 1. The lowest BCUT2D eigenvalue weighted by Gasteiger charge is -2.37. The third-order valence-corrected chi connectivity index (χ3v) is 7.59. The molecule has 2 atom stereocenters. The van der Waals surface area contributed by atoms with Crippen molar-refractivity contribution in [1.82, 2.24) is 15.0 Å². The molecule has 3 N–H and O–H groups in total. The van der Waals surface area contributed by atoms with Gasteiger partial charge in [-0.2, -0.15) is 0 Å². The monoisotopic (exact) mass is 442 g/mol. The van der Waals surface area contributed by atoms with E-state index in [1.807, 2.05) is 0 Å². The molecule has 3 aromatic rings. The summed E-state index contributed by atoms with van der Waals surface area (Å²) in [6.45, 7) is 5.29. The number of aromatic nitrogens is 3. The Balaban J connectivity index is 1.74. The number of amidine groups is 1.